The molecule has 6 nitrogen and oxygen atoms in total. The average Bonchev–Trinajstić information content (AvgIpc) is 3.14. The molecule has 1 aliphatic rings. The molecule has 0 fully saturated rings. The van der Waals surface area contributed by atoms with E-state index < -0.39 is 6.10 Å². The van der Waals surface area contributed by atoms with Gasteiger partial charge < -0.3 is 10.1 Å². The highest BCUT2D eigenvalue weighted by Crippen LogP contribution is 2.37. The van der Waals surface area contributed by atoms with E-state index in [0.717, 1.165) is 41.9 Å². The van der Waals surface area contributed by atoms with Crippen molar-refractivity contribution in [2.45, 2.75) is 52.6 Å². The van der Waals surface area contributed by atoms with Gasteiger partial charge in [-0.1, -0.05) is 20.3 Å². The lowest BCUT2D eigenvalue weighted by atomic mass is 10.1. The van der Waals surface area contributed by atoms with E-state index >= 15 is 0 Å². The number of carbonyl (C=O) groups is 2. The SMILES string of the molecule is CCCCNC(=O)CN1C(=O)C(C)Oc2ccc(-c3csc(CCC)n3)cc21. The van der Waals surface area contributed by atoms with Crippen LogP contribution in [0, 0.1) is 0 Å². The van der Waals surface area contributed by atoms with Crippen LogP contribution in [0.15, 0.2) is 23.6 Å². The molecule has 2 aromatic rings. The number of rotatable bonds is 8. The molecule has 0 bridgehead atoms. The van der Waals surface area contributed by atoms with Crippen LogP contribution in [0.1, 0.15) is 45.0 Å². The Morgan fingerprint density at radius 1 is 1.32 bits per heavy atom. The second-order valence-electron chi connectivity index (χ2n) is 6.95. The molecule has 2 heterocycles. The molecule has 1 unspecified atom stereocenters. The second-order valence-corrected chi connectivity index (χ2v) is 7.89. The van der Waals surface area contributed by atoms with Crippen LogP contribution in [0.25, 0.3) is 11.3 Å². The second kappa shape index (κ2) is 9.19. The first-order chi connectivity index (χ1) is 13.5. The molecule has 1 atom stereocenters. The Kier molecular flexibility index (Phi) is 6.67. The van der Waals surface area contributed by atoms with Crippen LogP contribution in [0.2, 0.25) is 0 Å². The van der Waals surface area contributed by atoms with Crippen molar-refractivity contribution >= 4 is 28.8 Å². The molecule has 2 amide bonds. The molecule has 1 N–H and O–H groups in total. The maximum Gasteiger partial charge on any atom is 0.268 e. The molecular weight excluding hydrogens is 374 g/mol. The predicted octanol–water partition coefficient (Wildman–Crippen LogP) is 3.79. The van der Waals surface area contributed by atoms with Crippen molar-refractivity contribution in [2.24, 2.45) is 0 Å². The first-order valence-corrected chi connectivity index (χ1v) is 10.7. The molecule has 28 heavy (non-hydrogen) atoms. The minimum absolute atomic E-state index is 0.00908. The van der Waals surface area contributed by atoms with Crippen LogP contribution in [-0.2, 0) is 16.0 Å². The van der Waals surface area contributed by atoms with Crippen molar-refractivity contribution in [2.75, 3.05) is 18.0 Å². The maximum atomic E-state index is 12.7. The van der Waals surface area contributed by atoms with E-state index in [1.165, 1.54) is 4.90 Å². The summed E-state index contributed by atoms with van der Waals surface area (Å²) < 4.78 is 5.75. The highest BCUT2D eigenvalue weighted by atomic mass is 32.1. The molecule has 150 valence electrons. The zero-order chi connectivity index (χ0) is 20.1. The zero-order valence-electron chi connectivity index (χ0n) is 16.7. The molecular formula is C21H27N3O3S. The van der Waals surface area contributed by atoms with Crippen LogP contribution in [0.4, 0.5) is 5.69 Å². The summed E-state index contributed by atoms with van der Waals surface area (Å²) in [5.74, 6) is 0.243. The van der Waals surface area contributed by atoms with Crippen molar-refractivity contribution in [3.05, 3.63) is 28.6 Å². The number of unbranched alkanes of at least 4 members (excludes halogenated alkanes) is 1. The Morgan fingerprint density at radius 3 is 2.89 bits per heavy atom. The van der Waals surface area contributed by atoms with Gasteiger partial charge in [0.15, 0.2) is 6.10 Å². The molecule has 3 rings (SSSR count). The Labute approximate surface area is 169 Å². The van der Waals surface area contributed by atoms with Gasteiger partial charge in [-0.05, 0) is 44.4 Å². The number of hydrogen-bond donors (Lipinski definition) is 1. The van der Waals surface area contributed by atoms with Gasteiger partial charge in [0.1, 0.15) is 12.3 Å². The fraction of sp³-hybridized carbons (Fsp3) is 0.476. The number of thiazole rings is 1. The third-order valence-electron chi connectivity index (χ3n) is 4.63. The standard InChI is InChI=1S/C21H27N3O3S/c1-4-6-10-22-19(25)12-24-17-11-15(16-13-28-20(23-16)7-5-2)8-9-18(17)27-14(3)21(24)26/h8-9,11,13-14H,4-7,10,12H2,1-3H3,(H,22,25). The van der Waals surface area contributed by atoms with Crippen molar-refractivity contribution in [3.63, 3.8) is 0 Å². The topological polar surface area (TPSA) is 71.5 Å². The quantitative estimate of drug-likeness (QED) is 0.683. The fourth-order valence-corrected chi connectivity index (χ4v) is 4.02. The minimum Gasteiger partial charge on any atom is -0.479 e. The molecule has 7 heteroatoms. The number of aryl methyl sites for hydroxylation is 1. The number of amides is 2. The van der Waals surface area contributed by atoms with E-state index in [2.05, 4.69) is 24.1 Å². The molecule has 0 aliphatic carbocycles. The zero-order valence-corrected chi connectivity index (χ0v) is 17.5. The molecule has 1 aliphatic heterocycles. The van der Waals surface area contributed by atoms with E-state index in [-0.39, 0.29) is 18.4 Å². The van der Waals surface area contributed by atoms with Gasteiger partial charge in [-0.3, -0.25) is 14.5 Å². The molecule has 0 saturated carbocycles. The van der Waals surface area contributed by atoms with Crippen LogP contribution < -0.4 is 15.0 Å². The largest absolute Gasteiger partial charge is 0.479 e. The lowest BCUT2D eigenvalue weighted by Gasteiger charge is -2.32. The summed E-state index contributed by atoms with van der Waals surface area (Å²) in [5.41, 5.74) is 2.42. The van der Waals surface area contributed by atoms with Gasteiger partial charge in [-0.15, -0.1) is 11.3 Å². The summed E-state index contributed by atoms with van der Waals surface area (Å²) in [6.07, 6.45) is 3.33. The lowest BCUT2D eigenvalue weighted by molar-refractivity contribution is -0.128. The number of fused-ring (bicyclic) bond motifs is 1. The van der Waals surface area contributed by atoms with Crippen molar-refractivity contribution in [3.8, 4) is 17.0 Å². The third-order valence-corrected chi connectivity index (χ3v) is 5.54. The number of anilines is 1. The van der Waals surface area contributed by atoms with Crippen LogP contribution in [-0.4, -0.2) is 36.0 Å². The summed E-state index contributed by atoms with van der Waals surface area (Å²) >= 11 is 1.64. The fourth-order valence-electron chi connectivity index (χ4n) is 3.11. The normalized spacial score (nSPS) is 15.9. The number of benzene rings is 1. The van der Waals surface area contributed by atoms with E-state index in [4.69, 9.17) is 4.74 Å². The van der Waals surface area contributed by atoms with Crippen molar-refractivity contribution < 1.29 is 14.3 Å². The van der Waals surface area contributed by atoms with Gasteiger partial charge in [0.25, 0.3) is 5.91 Å². The van der Waals surface area contributed by atoms with Gasteiger partial charge in [0.05, 0.1) is 16.4 Å². The van der Waals surface area contributed by atoms with Gasteiger partial charge in [0, 0.05) is 17.5 Å². The predicted molar refractivity (Wildman–Crippen MR) is 112 cm³/mol. The molecule has 0 spiro atoms. The lowest BCUT2D eigenvalue weighted by Crippen LogP contribution is -2.48. The summed E-state index contributed by atoms with van der Waals surface area (Å²) in [6.45, 7) is 6.52. The molecule has 0 saturated heterocycles. The summed E-state index contributed by atoms with van der Waals surface area (Å²) in [5, 5.41) is 6.01. The first kappa shape index (κ1) is 20.3. The Bertz CT molecular complexity index is 849. The van der Waals surface area contributed by atoms with Gasteiger partial charge in [-0.2, -0.15) is 0 Å². The van der Waals surface area contributed by atoms with Gasteiger partial charge >= 0.3 is 0 Å². The van der Waals surface area contributed by atoms with E-state index in [1.807, 2.05) is 23.6 Å². The van der Waals surface area contributed by atoms with Crippen molar-refractivity contribution in [1.82, 2.24) is 10.3 Å². The number of aromatic nitrogens is 1. The van der Waals surface area contributed by atoms with Crippen LogP contribution >= 0.6 is 11.3 Å². The Balaban J connectivity index is 1.86. The van der Waals surface area contributed by atoms with E-state index in [1.54, 1.807) is 18.3 Å². The van der Waals surface area contributed by atoms with Crippen LogP contribution in [0.3, 0.4) is 0 Å². The van der Waals surface area contributed by atoms with E-state index in [0.29, 0.717) is 18.0 Å². The monoisotopic (exact) mass is 401 g/mol. The minimum atomic E-state index is -0.614. The first-order valence-electron chi connectivity index (χ1n) is 9.87. The summed E-state index contributed by atoms with van der Waals surface area (Å²) in [6, 6.07) is 5.70. The van der Waals surface area contributed by atoms with Gasteiger partial charge in [0.2, 0.25) is 5.91 Å². The summed E-state index contributed by atoms with van der Waals surface area (Å²) in [4.78, 5) is 31.2. The number of ether oxygens (including phenoxy) is 1. The maximum absolute atomic E-state index is 12.7. The highest BCUT2D eigenvalue weighted by Gasteiger charge is 2.33. The number of carbonyl (C=O) groups excluding carboxylic acids is 2. The number of nitrogens with zero attached hydrogens (tertiary/aromatic N) is 2. The highest BCUT2D eigenvalue weighted by molar-refractivity contribution is 7.09. The van der Waals surface area contributed by atoms with Gasteiger partial charge in [-0.25, -0.2) is 4.98 Å². The molecule has 1 aromatic carbocycles. The third kappa shape index (κ3) is 4.52. The smallest absolute Gasteiger partial charge is 0.268 e. The molecule has 1 aromatic heterocycles. The van der Waals surface area contributed by atoms with Crippen LogP contribution in [0.5, 0.6) is 5.75 Å². The summed E-state index contributed by atoms with van der Waals surface area (Å²) in [7, 11) is 0. The number of nitrogens with one attached hydrogen (secondary N) is 1. The Hall–Kier alpha value is -2.41. The average molecular weight is 402 g/mol. The number of hydrogen-bond acceptors (Lipinski definition) is 5. The van der Waals surface area contributed by atoms with Crippen molar-refractivity contribution in [1.29, 1.82) is 0 Å². The Morgan fingerprint density at radius 2 is 2.14 bits per heavy atom. The van der Waals surface area contributed by atoms with E-state index in [9.17, 15) is 9.59 Å². The molecule has 0 radical (unpaired) electrons.